The summed E-state index contributed by atoms with van der Waals surface area (Å²) in [5, 5.41) is 9.24. The molecule has 130 valence electrons. The number of nitrogens with one attached hydrogen (secondary N) is 1. The molecule has 1 N–H and O–H groups in total. The van der Waals surface area contributed by atoms with Crippen molar-refractivity contribution in [1.29, 1.82) is 0 Å². The number of aromatic nitrogens is 5. The van der Waals surface area contributed by atoms with Crippen LogP contribution in [0, 0.1) is 5.82 Å². The van der Waals surface area contributed by atoms with Gasteiger partial charge in [-0.3, -0.25) is 9.48 Å². The van der Waals surface area contributed by atoms with E-state index in [1.54, 1.807) is 0 Å². The molecule has 0 saturated heterocycles. The first-order valence-electron chi connectivity index (χ1n) is 6.82. The number of hydrogen-bond donors (Lipinski definition) is 1. The zero-order chi connectivity index (χ0) is 18.2. The zero-order valence-corrected chi connectivity index (χ0v) is 12.6. The largest absolute Gasteiger partial charge is 0.435 e. The Morgan fingerprint density at radius 1 is 1.28 bits per heavy atom. The molecule has 2 heterocycles. The fourth-order valence-corrected chi connectivity index (χ4v) is 2.17. The van der Waals surface area contributed by atoms with Gasteiger partial charge in [-0.25, -0.2) is 14.1 Å². The highest BCUT2D eigenvalue weighted by Crippen LogP contribution is 2.31. The highest BCUT2D eigenvalue weighted by atomic mass is 19.4. The number of nitrogens with zero attached hydrogens (tertiary/aromatic N) is 5. The molecule has 3 aromatic rings. The molecule has 0 unspecified atom stereocenters. The lowest BCUT2D eigenvalue weighted by molar-refractivity contribution is -0.141. The summed E-state index contributed by atoms with van der Waals surface area (Å²) < 4.78 is 54.9. The number of carbonyl (C=O) groups is 1. The topological polar surface area (TPSA) is 77.6 Å². The minimum absolute atomic E-state index is 0.0108. The van der Waals surface area contributed by atoms with Crippen LogP contribution in [-0.4, -0.2) is 30.5 Å². The van der Waals surface area contributed by atoms with Gasteiger partial charge in [0.25, 0.3) is 5.91 Å². The van der Waals surface area contributed by atoms with Gasteiger partial charge < -0.3 is 5.32 Å². The summed E-state index contributed by atoms with van der Waals surface area (Å²) in [5.41, 5.74) is -1.90. The van der Waals surface area contributed by atoms with Crippen molar-refractivity contribution in [2.75, 3.05) is 5.32 Å². The number of alkyl halides is 3. The van der Waals surface area contributed by atoms with E-state index in [1.165, 1.54) is 36.5 Å². The molecule has 0 aliphatic carbocycles. The predicted octanol–water partition coefficient (Wildman–Crippen LogP) is 2.41. The number of hydrogen-bond acceptors (Lipinski definition) is 4. The number of anilines is 1. The third-order valence-corrected chi connectivity index (χ3v) is 3.21. The van der Waals surface area contributed by atoms with E-state index in [0.29, 0.717) is 0 Å². The molecule has 0 fully saturated rings. The molecular formula is C14H10F4N6O. The van der Waals surface area contributed by atoms with Crippen molar-refractivity contribution in [3.8, 4) is 5.69 Å². The third kappa shape index (κ3) is 3.34. The van der Waals surface area contributed by atoms with Crippen LogP contribution in [0.15, 0.2) is 37.1 Å². The maximum absolute atomic E-state index is 14.1. The minimum Gasteiger partial charge on any atom is -0.322 e. The van der Waals surface area contributed by atoms with Crippen molar-refractivity contribution in [2.24, 2.45) is 7.05 Å². The van der Waals surface area contributed by atoms with Gasteiger partial charge in [0, 0.05) is 18.9 Å². The fourth-order valence-electron chi connectivity index (χ4n) is 2.17. The number of amides is 1. The number of aryl methyl sites for hydroxylation is 1. The van der Waals surface area contributed by atoms with Crippen molar-refractivity contribution in [3.05, 3.63) is 54.1 Å². The minimum atomic E-state index is -4.78. The van der Waals surface area contributed by atoms with Crippen LogP contribution in [0.2, 0.25) is 0 Å². The van der Waals surface area contributed by atoms with Crippen LogP contribution in [0.25, 0.3) is 5.69 Å². The second-order valence-electron chi connectivity index (χ2n) is 5.02. The first-order chi connectivity index (χ1) is 11.8. The Morgan fingerprint density at radius 2 is 2.04 bits per heavy atom. The Morgan fingerprint density at radius 3 is 2.64 bits per heavy atom. The number of benzene rings is 1. The van der Waals surface area contributed by atoms with Gasteiger partial charge in [-0.2, -0.15) is 23.4 Å². The zero-order valence-electron chi connectivity index (χ0n) is 12.6. The van der Waals surface area contributed by atoms with Crippen LogP contribution in [-0.2, 0) is 13.2 Å². The van der Waals surface area contributed by atoms with Crippen LogP contribution >= 0.6 is 0 Å². The number of rotatable bonds is 3. The molecule has 0 aliphatic heterocycles. The summed E-state index contributed by atoms with van der Waals surface area (Å²) in [6, 6.07) is 3.62. The van der Waals surface area contributed by atoms with E-state index in [4.69, 9.17) is 0 Å². The van der Waals surface area contributed by atoms with Crippen LogP contribution in [0.5, 0.6) is 0 Å². The Balaban J connectivity index is 1.86. The van der Waals surface area contributed by atoms with E-state index in [0.717, 1.165) is 16.9 Å². The summed E-state index contributed by atoms with van der Waals surface area (Å²) in [6.45, 7) is 0. The molecule has 11 heteroatoms. The maximum Gasteiger partial charge on any atom is 0.435 e. The van der Waals surface area contributed by atoms with Gasteiger partial charge >= 0.3 is 6.18 Å². The van der Waals surface area contributed by atoms with Gasteiger partial charge in [0.05, 0.1) is 5.56 Å². The normalized spacial score (nSPS) is 11.6. The van der Waals surface area contributed by atoms with Crippen molar-refractivity contribution in [1.82, 2.24) is 24.5 Å². The second-order valence-corrected chi connectivity index (χ2v) is 5.02. The van der Waals surface area contributed by atoms with Crippen LogP contribution in [0.1, 0.15) is 16.1 Å². The quantitative estimate of drug-likeness (QED) is 0.733. The molecule has 2 aromatic heterocycles. The molecule has 0 spiro atoms. The molecule has 25 heavy (non-hydrogen) atoms. The molecule has 0 atom stereocenters. The van der Waals surface area contributed by atoms with Gasteiger partial charge in [-0.1, -0.05) is 0 Å². The molecule has 7 nitrogen and oxygen atoms in total. The third-order valence-electron chi connectivity index (χ3n) is 3.21. The molecular weight excluding hydrogens is 344 g/mol. The molecule has 1 amide bonds. The lowest BCUT2D eigenvalue weighted by atomic mass is 10.2. The molecule has 0 bridgehead atoms. The molecule has 3 rings (SSSR count). The summed E-state index contributed by atoms with van der Waals surface area (Å²) in [4.78, 5) is 15.8. The SMILES string of the molecule is Cn1cc(C(=O)Nc2ccc(-n3cncn3)c(F)c2)c(C(F)(F)F)n1. The van der Waals surface area contributed by atoms with Crippen molar-refractivity contribution in [3.63, 3.8) is 0 Å². The lowest BCUT2D eigenvalue weighted by Crippen LogP contribution is -2.18. The first-order valence-corrected chi connectivity index (χ1v) is 6.82. The van der Waals surface area contributed by atoms with E-state index >= 15 is 0 Å². The fraction of sp³-hybridized carbons (Fsp3) is 0.143. The van der Waals surface area contributed by atoms with Crippen LogP contribution < -0.4 is 5.32 Å². The summed E-state index contributed by atoms with van der Waals surface area (Å²) >= 11 is 0. The average molecular weight is 354 g/mol. The van der Waals surface area contributed by atoms with E-state index in [-0.39, 0.29) is 11.4 Å². The Kier molecular flexibility index (Phi) is 3.99. The predicted molar refractivity (Wildman–Crippen MR) is 77.5 cm³/mol. The Labute approximate surface area is 137 Å². The van der Waals surface area contributed by atoms with Gasteiger partial charge in [-0.05, 0) is 18.2 Å². The second kappa shape index (κ2) is 6.00. The number of carbonyl (C=O) groups excluding carboxylic acids is 1. The van der Waals surface area contributed by atoms with Crippen LogP contribution in [0.3, 0.4) is 0 Å². The van der Waals surface area contributed by atoms with E-state index in [2.05, 4.69) is 20.5 Å². The first kappa shape index (κ1) is 16.6. The van der Waals surface area contributed by atoms with Crippen molar-refractivity contribution in [2.45, 2.75) is 6.18 Å². The van der Waals surface area contributed by atoms with E-state index in [9.17, 15) is 22.4 Å². The Bertz CT molecular complexity index is 916. The van der Waals surface area contributed by atoms with Crippen LogP contribution in [0.4, 0.5) is 23.2 Å². The highest BCUT2D eigenvalue weighted by molar-refractivity contribution is 6.05. The number of halogens is 4. The summed E-state index contributed by atoms with van der Waals surface area (Å²) in [6.07, 6.45) is -1.34. The van der Waals surface area contributed by atoms with Gasteiger partial charge in [0.15, 0.2) is 11.5 Å². The maximum atomic E-state index is 14.1. The van der Waals surface area contributed by atoms with E-state index in [1.807, 2.05) is 0 Å². The van der Waals surface area contributed by atoms with Gasteiger partial charge in [0.2, 0.25) is 0 Å². The summed E-state index contributed by atoms with van der Waals surface area (Å²) in [7, 11) is 1.26. The summed E-state index contributed by atoms with van der Waals surface area (Å²) in [5.74, 6) is -1.78. The molecule has 0 saturated carbocycles. The monoisotopic (exact) mass is 354 g/mol. The molecule has 0 radical (unpaired) electrons. The van der Waals surface area contributed by atoms with Gasteiger partial charge in [0.1, 0.15) is 18.3 Å². The average Bonchev–Trinajstić information content (AvgIpc) is 3.16. The van der Waals surface area contributed by atoms with E-state index < -0.39 is 29.2 Å². The van der Waals surface area contributed by atoms with Crippen molar-refractivity contribution >= 4 is 11.6 Å². The molecule has 1 aromatic carbocycles. The smallest absolute Gasteiger partial charge is 0.322 e. The van der Waals surface area contributed by atoms with Gasteiger partial charge in [-0.15, -0.1) is 0 Å². The highest BCUT2D eigenvalue weighted by Gasteiger charge is 2.39. The standard InChI is InChI=1S/C14H10F4N6O/c1-23-5-9(12(22-23)14(16,17)18)13(25)21-8-2-3-11(10(15)4-8)24-7-19-6-20-24/h2-7H,1H3,(H,21,25). The van der Waals surface area contributed by atoms with Crippen molar-refractivity contribution < 1.29 is 22.4 Å². The Hall–Kier alpha value is -3.24. The molecule has 0 aliphatic rings. The lowest BCUT2D eigenvalue weighted by Gasteiger charge is -2.09.